The Kier molecular flexibility index (Phi) is 6.84. The molecule has 0 aliphatic carbocycles. The summed E-state index contributed by atoms with van der Waals surface area (Å²) in [5.41, 5.74) is 0. The Morgan fingerprint density at radius 3 is 2.53 bits per heavy atom. The van der Waals surface area contributed by atoms with Crippen LogP contribution in [0.5, 0.6) is 0 Å². The zero-order valence-electron chi connectivity index (χ0n) is 11.3. The topological polar surface area (TPSA) is 19.4 Å². The van der Waals surface area contributed by atoms with Gasteiger partial charge in [-0.1, -0.05) is 12.1 Å². The zero-order valence-corrected chi connectivity index (χ0v) is 12.9. The second-order valence-electron chi connectivity index (χ2n) is 4.49. The molecular formula is C14H19ClN3S-. The van der Waals surface area contributed by atoms with Gasteiger partial charge in [0.15, 0.2) is 0 Å². The van der Waals surface area contributed by atoms with E-state index in [9.17, 15) is 0 Å². The lowest BCUT2D eigenvalue weighted by atomic mass is 10.3. The summed E-state index contributed by atoms with van der Waals surface area (Å²) in [6.45, 7) is 2.95. The standard InChI is InChI=1S/C14H19N3S.ClH/c1-16(2)9-10-17(12-13-6-5-11-18-13)14-7-3-4-8-15-14;/h3-8,11H,9-10,12H2,1-2H3;1H/p-1. The van der Waals surface area contributed by atoms with E-state index in [0.717, 1.165) is 25.5 Å². The summed E-state index contributed by atoms with van der Waals surface area (Å²) >= 11 is 1.80. The summed E-state index contributed by atoms with van der Waals surface area (Å²) < 4.78 is 0. The number of likely N-dealkylation sites (N-methyl/N-ethyl adjacent to an activating group) is 1. The largest absolute Gasteiger partial charge is 1.00 e. The van der Waals surface area contributed by atoms with Crippen LogP contribution in [0.4, 0.5) is 5.82 Å². The molecule has 0 aromatic carbocycles. The van der Waals surface area contributed by atoms with Crippen LogP contribution in [0, 0.1) is 0 Å². The van der Waals surface area contributed by atoms with Crippen LogP contribution in [0.15, 0.2) is 41.9 Å². The lowest BCUT2D eigenvalue weighted by Gasteiger charge is -2.24. The van der Waals surface area contributed by atoms with Crippen molar-refractivity contribution in [3.63, 3.8) is 0 Å². The van der Waals surface area contributed by atoms with Crippen molar-refractivity contribution in [3.05, 3.63) is 46.8 Å². The SMILES string of the molecule is CN(C)CCN(Cc1cccs1)c1ccccn1.[Cl-]. The van der Waals surface area contributed by atoms with Gasteiger partial charge in [-0.3, -0.25) is 0 Å². The molecule has 0 fully saturated rings. The van der Waals surface area contributed by atoms with E-state index in [1.54, 1.807) is 11.3 Å². The molecule has 0 aliphatic rings. The summed E-state index contributed by atoms with van der Waals surface area (Å²) in [4.78, 5) is 10.3. The average molecular weight is 297 g/mol. The minimum Gasteiger partial charge on any atom is -1.00 e. The number of nitrogens with zero attached hydrogens (tertiary/aromatic N) is 3. The summed E-state index contributed by atoms with van der Waals surface area (Å²) in [6, 6.07) is 10.3. The quantitative estimate of drug-likeness (QED) is 0.731. The van der Waals surface area contributed by atoms with Gasteiger partial charge in [0.05, 0.1) is 6.54 Å². The van der Waals surface area contributed by atoms with E-state index >= 15 is 0 Å². The lowest BCUT2D eigenvalue weighted by Crippen LogP contribution is -3.00. The van der Waals surface area contributed by atoms with Gasteiger partial charge in [0.1, 0.15) is 5.82 Å². The van der Waals surface area contributed by atoms with E-state index in [2.05, 4.69) is 52.5 Å². The second kappa shape index (κ2) is 8.15. The molecule has 104 valence electrons. The van der Waals surface area contributed by atoms with Crippen molar-refractivity contribution in [2.45, 2.75) is 6.54 Å². The summed E-state index contributed by atoms with van der Waals surface area (Å²) in [6.07, 6.45) is 1.85. The van der Waals surface area contributed by atoms with Crippen molar-refractivity contribution in [1.82, 2.24) is 9.88 Å². The number of thiophene rings is 1. The monoisotopic (exact) mass is 296 g/mol. The Morgan fingerprint density at radius 2 is 1.95 bits per heavy atom. The molecule has 0 N–H and O–H groups in total. The normalized spacial score (nSPS) is 10.3. The fraction of sp³-hybridized carbons (Fsp3) is 0.357. The molecule has 2 heterocycles. The molecule has 0 bridgehead atoms. The van der Waals surface area contributed by atoms with Crippen LogP contribution in [0.3, 0.4) is 0 Å². The number of rotatable bonds is 6. The van der Waals surface area contributed by atoms with Gasteiger partial charge in [-0.2, -0.15) is 0 Å². The van der Waals surface area contributed by atoms with Gasteiger partial charge in [0.2, 0.25) is 0 Å². The van der Waals surface area contributed by atoms with Crippen LogP contribution in [-0.2, 0) is 6.54 Å². The Hall–Kier alpha value is -1.10. The second-order valence-corrected chi connectivity index (χ2v) is 5.52. The van der Waals surface area contributed by atoms with Crippen molar-refractivity contribution in [2.24, 2.45) is 0 Å². The fourth-order valence-corrected chi connectivity index (χ4v) is 2.45. The Balaban J connectivity index is 0.00000180. The summed E-state index contributed by atoms with van der Waals surface area (Å²) in [7, 11) is 4.20. The molecule has 2 rings (SSSR count). The van der Waals surface area contributed by atoms with Crippen molar-refractivity contribution in [3.8, 4) is 0 Å². The minimum atomic E-state index is 0. The van der Waals surface area contributed by atoms with Crippen molar-refractivity contribution >= 4 is 17.2 Å². The van der Waals surface area contributed by atoms with E-state index in [4.69, 9.17) is 0 Å². The van der Waals surface area contributed by atoms with Crippen LogP contribution >= 0.6 is 11.3 Å². The Bertz CT molecular complexity index is 445. The van der Waals surface area contributed by atoms with E-state index in [-0.39, 0.29) is 12.4 Å². The van der Waals surface area contributed by atoms with Crippen LogP contribution in [0.2, 0.25) is 0 Å². The number of pyridine rings is 1. The molecule has 0 atom stereocenters. The number of halogens is 1. The van der Waals surface area contributed by atoms with Gasteiger partial charge < -0.3 is 22.2 Å². The summed E-state index contributed by atoms with van der Waals surface area (Å²) in [5, 5.41) is 2.12. The first-order valence-corrected chi connectivity index (χ1v) is 6.97. The molecule has 19 heavy (non-hydrogen) atoms. The highest BCUT2D eigenvalue weighted by Crippen LogP contribution is 2.17. The first-order chi connectivity index (χ1) is 8.75. The predicted molar refractivity (Wildman–Crippen MR) is 78.2 cm³/mol. The summed E-state index contributed by atoms with van der Waals surface area (Å²) in [5.74, 6) is 1.05. The molecule has 0 amide bonds. The van der Waals surface area contributed by atoms with Crippen molar-refractivity contribution in [1.29, 1.82) is 0 Å². The minimum absolute atomic E-state index is 0. The van der Waals surface area contributed by atoms with E-state index in [1.165, 1.54) is 4.88 Å². The smallest absolute Gasteiger partial charge is 0.128 e. The maximum atomic E-state index is 4.45. The van der Waals surface area contributed by atoms with Gasteiger partial charge in [0.25, 0.3) is 0 Å². The van der Waals surface area contributed by atoms with E-state index < -0.39 is 0 Å². The third-order valence-electron chi connectivity index (χ3n) is 2.72. The third kappa shape index (κ3) is 5.19. The number of hydrogen-bond donors (Lipinski definition) is 0. The predicted octanol–water partition coefficient (Wildman–Crippen LogP) is -0.285. The molecule has 0 saturated heterocycles. The molecule has 0 spiro atoms. The van der Waals surface area contributed by atoms with Crippen LogP contribution < -0.4 is 17.3 Å². The first kappa shape index (κ1) is 16.0. The number of anilines is 1. The van der Waals surface area contributed by atoms with Crippen LogP contribution in [-0.4, -0.2) is 37.1 Å². The third-order valence-corrected chi connectivity index (χ3v) is 3.58. The molecule has 2 aromatic heterocycles. The number of hydrogen-bond acceptors (Lipinski definition) is 4. The lowest BCUT2D eigenvalue weighted by molar-refractivity contribution is -0.00000376. The maximum absolute atomic E-state index is 4.45. The molecule has 0 radical (unpaired) electrons. The zero-order chi connectivity index (χ0) is 12.8. The highest BCUT2D eigenvalue weighted by atomic mass is 35.5. The molecule has 2 aromatic rings. The molecule has 0 aliphatic heterocycles. The first-order valence-electron chi connectivity index (χ1n) is 6.09. The van der Waals surface area contributed by atoms with E-state index in [0.29, 0.717) is 0 Å². The molecular weight excluding hydrogens is 278 g/mol. The molecule has 5 heteroatoms. The maximum Gasteiger partial charge on any atom is 0.128 e. The Morgan fingerprint density at radius 1 is 1.11 bits per heavy atom. The Labute approximate surface area is 125 Å². The fourth-order valence-electron chi connectivity index (χ4n) is 1.73. The van der Waals surface area contributed by atoms with Crippen LogP contribution in [0.1, 0.15) is 4.88 Å². The van der Waals surface area contributed by atoms with E-state index in [1.807, 2.05) is 18.3 Å². The van der Waals surface area contributed by atoms with Gasteiger partial charge >= 0.3 is 0 Å². The number of aromatic nitrogens is 1. The van der Waals surface area contributed by atoms with Crippen LogP contribution in [0.25, 0.3) is 0 Å². The van der Waals surface area contributed by atoms with Gasteiger partial charge in [0, 0.05) is 24.2 Å². The van der Waals surface area contributed by atoms with Gasteiger partial charge in [-0.25, -0.2) is 4.98 Å². The average Bonchev–Trinajstić information content (AvgIpc) is 2.88. The highest BCUT2D eigenvalue weighted by molar-refractivity contribution is 7.09. The molecule has 0 saturated carbocycles. The van der Waals surface area contributed by atoms with Gasteiger partial charge in [-0.15, -0.1) is 11.3 Å². The van der Waals surface area contributed by atoms with Crippen molar-refractivity contribution < 1.29 is 12.4 Å². The highest BCUT2D eigenvalue weighted by Gasteiger charge is 2.09. The molecule has 3 nitrogen and oxygen atoms in total. The van der Waals surface area contributed by atoms with Crippen molar-refractivity contribution in [2.75, 3.05) is 32.1 Å². The van der Waals surface area contributed by atoms with Gasteiger partial charge in [-0.05, 0) is 37.7 Å². The molecule has 0 unspecified atom stereocenters.